The molecule has 0 spiro atoms. The number of aryl methyl sites for hydroxylation is 1. The molecule has 0 unspecified atom stereocenters. The molecule has 1 N–H and O–H groups in total. The van der Waals surface area contributed by atoms with Crippen molar-refractivity contribution >= 4 is 40.3 Å². The van der Waals surface area contributed by atoms with Crippen LogP contribution in [-0.2, 0) is 9.53 Å². The lowest BCUT2D eigenvalue weighted by molar-refractivity contribution is -0.146. The zero-order chi connectivity index (χ0) is 27.5. The van der Waals surface area contributed by atoms with E-state index in [2.05, 4.69) is 29.8 Å². The molecule has 0 amide bonds. The Labute approximate surface area is 232 Å². The standard InChI is InChI=1S/C31H33N3O4S/c1-18(29-13-23(17-39-29)24-8-6-5-7-22(24)16-35)32-30-26-14-25(20-9-11-21(12-10-20)31(36)38-4)28(37-3)15-27(26)33-19(2)34-30/h5-8,13-18,20-21H,9-12H2,1-4H3,(H,32,33,34)/t18-,20?,21?/m1/s1. The Morgan fingerprint density at radius 3 is 2.59 bits per heavy atom. The van der Waals surface area contributed by atoms with Crippen LogP contribution in [0.3, 0.4) is 0 Å². The number of thiophene rings is 1. The van der Waals surface area contributed by atoms with E-state index in [1.807, 2.05) is 37.3 Å². The molecule has 39 heavy (non-hydrogen) atoms. The van der Waals surface area contributed by atoms with E-state index in [1.54, 1.807) is 18.4 Å². The number of nitrogens with one attached hydrogen (secondary N) is 1. The van der Waals surface area contributed by atoms with Gasteiger partial charge >= 0.3 is 5.97 Å². The Bertz CT molecular complexity index is 1510. The van der Waals surface area contributed by atoms with E-state index in [1.165, 1.54) is 7.11 Å². The summed E-state index contributed by atoms with van der Waals surface area (Å²) in [6.45, 7) is 4.01. The first kappa shape index (κ1) is 26.8. The first-order valence-corrected chi connectivity index (χ1v) is 14.1. The third kappa shape index (κ3) is 5.52. The van der Waals surface area contributed by atoms with E-state index >= 15 is 0 Å². The highest BCUT2D eigenvalue weighted by atomic mass is 32.1. The van der Waals surface area contributed by atoms with Crippen LogP contribution in [0.15, 0.2) is 47.8 Å². The molecule has 8 heteroatoms. The second kappa shape index (κ2) is 11.5. The summed E-state index contributed by atoms with van der Waals surface area (Å²) in [5, 5.41) is 6.66. The maximum Gasteiger partial charge on any atom is 0.308 e. The smallest absolute Gasteiger partial charge is 0.308 e. The summed E-state index contributed by atoms with van der Waals surface area (Å²) in [4.78, 5) is 34.2. The van der Waals surface area contributed by atoms with E-state index in [4.69, 9.17) is 19.4 Å². The van der Waals surface area contributed by atoms with Gasteiger partial charge in [0.1, 0.15) is 17.4 Å². The van der Waals surface area contributed by atoms with Crippen molar-refractivity contribution in [1.82, 2.24) is 9.97 Å². The fourth-order valence-electron chi connectivity index (χ4n) is 5.56. The minimum atomic E-state index is -0.116. The number of nitrogens with zero attached hydrogens (tertiary/aromatic N) is 2. The third-order valence-electron chi connectivity index (χ3n) is 7.66. The van der Waals surface area contributed by atoms with Gasteiger partial charge in [0.2, 0.25) is 0 Å². The number of rotatable bonds is 8. The van der Waals surface area contributed by atoms with Gasteiger partial charge in [-0.15, -0.1) is 11.3 Å². The first-order chi connectivity index (χ1) is 18.9. The molecule has 0 radical (unpaired) electrons. The number of aldehydes is 1. The SMILES string of the molecule is COC(=O)C1CCC(c2cc3c(N[C@H](C)c4cc(-c5ccccc5C=O)cs4)nc(C)nc3cc2OC)CC1. The molecule has 1 aliphatic carbocycles. The average Bonchev–Trinajstić information content (AvgIpc) is 3.46. The normalized spacial score (nSPS) is 17.9. The Kier molecular flexibility index (Phi) is 7.93. The van der Waals surface area contributed by atoms with E-state index in [0.29, 0.717) is 11.4 Å². The molecule has 1 fully saturated rings. The molecule has 5 rings (SSSR count). The summed E-state index contributed by atoms with van der Waals surface area (Å²) < 4.78 is 10.8. The zero-order valence-electron chi connectivity index (χ0n) is 22.7. The minimum Gasteiger partial charge on any atom is -0.496 e. The second-order valence-electron chi connectivity index (χ2n) is 10.1. The van der Waals surface area contributed by atoms with Crippen LogP contribution in [0.4, 0.5) is 5.82 Å². The van der Waals surface area contributed by atoms with Crippen molar-refractivity contribution in [1.29, 1.82) is 0 Å². The van der Waals surface area contributed by atoms with Crippen molar-refractivity contribution in [3.8, 4) is 16.9 Å². The van der Waals surface area contributed by atoms with Gasteiger partial charge in [-0.2, -0.15) is 0 Å². The van der Waals surface area contributed by atoms with Gasteiger partial charge < -0.3 is 14.8 Å². The van der Waals surface area contributed by atoms with Crippen molar-refractivity contribution in [3.63, 3.8) is 0 Å². The Balaban J connectivity index is 1.44. The minimum absolute atomic E-state index is 0.00862. The third-order valence-corrected chi connectivity index (χ3v) is 8.77. The zero-order valence-corrected chi connectivity index (χ0v) is 23.5. The van der Waals surface area contributed by atoms with Crippen LogP contribution in [0, 0.1) is 12.8 Å². The molecule has 1 atom stereocenters. The number of hydrogen-bond acceptors (Lipinski definition) is 8. The highest BCUT2D eigenvalue weighted by molar-refractivity contribution is 7.10. The molecular formula is C31H33N3O4S. The van der Waals surface area contributed by atoms with E-state index in [0.717, 1.165) is 76.0 Å². The molecule has 202 valence electrons. The van der Waals surface area contributed by atoms with Crippen LogP contribution in [0.1, 0.15) is 71.2 Å². The van der Waals surface area contributed by atoms with Crippen LogP contribution >= 0.6 is 11.3 Å². The van der Waals surface area contributed by atoms with Crippen molar-refractivity contribution in [2.45, 2.75) is 51.5 Å². The van der Waals surface area contributed by atoms with Crippen molar-refractivity contribution < 1.29 is 19.1 Å². The maximum absolute atomic E-state index is 12.0. The number of carbonyl (C=O) groups excluding carboxylic acids is 2. The number of anilines is 1. The summed E-state index contributed by atoms with van der Waals surface area (Å²) in [6.07, 6.45) is 4.30. The van der Waals surface area contributed by atoms with Crippen molar-refractivity contribution in [2.75, 3.05) is 19.5 Å². The predicted octanol–water partition coefficient (Wildman–Crippen LogP) is 7.11. The largest absolute Gasteiger partial charge is 0.496 e. The van der Waals surface area contributed by atoms with Crippen molar-refractivity contribution in [3.05, 3.63) is 69.7 Å². The molecule has 2 aromatic heterocycles. The van der Waals surface area contributed by atoms with Gasteiger partial charge in [0.05, 0.1) is 31.7 Å². The van der Waals surface area contributed by atoms with Gasteiger partial charge in [0.25, 0.3) is 0 Å². The maximum atomic E-state index is 12.0. The summed E-state index contributed by atoms with van der Waals surface area (Å²) in [5.41, 5.74) is 4.60. The highest BCUT2D eigenvalue weighted by Crippen LogP contribution is 2.42. The first-order valence-electron chi connectivity index (χ1n) is 13.3. The molecule has 0 bridgehead atoms. The van der Waals surface area contributed by atoms with Gasteiger partial charge in [-0.3, -0.25) is 9.59 Å². The quantitative estimate of drug-likeness (QED) is 0.187. The van der Waals surface area contributed by atoms with Crippen molar-refractivity contribution in [2.24, 2.45) is 5.92 Å². The molecule has 2 aromatic carbocycles. The Hall–Kier alpha value is -3.78. The van der Waals surface area contributed by atoms with Gasteiger partial charge in [0, 0.05) is 21.9 Å². The van der Waals surface area contributed by atoms with Gasteiger partial charge in [-0.05, 0) is 79.7 Å². The summed E-state index contributed by atoms with van der Waals surface area (Å²) >= 11 is 1.66. The number of hydrogen-bond donors (Lipinski definition) is 1. The lowest BCUT2D eigenvalue weighted by atomic mass is 9.78. The van der Waals surface area contributed by atoms with Crippen LogP contribution in [-0.4, -0.2) is 36.4 Å². The monoisotopic (exact) mass is 543 g/mol. The number of esters is 1. The molecule has 2 heterocycles. The van der Waals surface area contributed by atoms with Crippen LogP contribution in [0.5, 0.6) is 5.75 Å². The highest BCUT2D eigenvalue weighted by Gasteiger charge is 2.29. The lowest BCUT2D eigenvalue weighted by Crippen LogP contribution is -2.22. The molecule has 4 aromatic rings. The number of carbonyl (C=O) groups is 2. The number of methoxy groups -OCH3 is 2. The Morgan fingerprint density at radius 1 is 1.10 bits per heavy atom. The number of aromatic nitrogens is 2. The molecule has 0 aliphatic heterocycles. The average molecular weight is 544 g/mol. The number of benzene rings is 2. The molecule has 1 aliphatic rings. The Morgan fingerprint density at radius 2 is 1.87 bits per heavy atom. The summed E-state index contributed by atoms with van der Waals surface area (Å²) in [6, 6.07) is 13.9. The van der Waals surface area contributed by atoms with Gasteiger partial charge in [-0.25, -0.2) is 9.97 Å². The topological polar surface area (TPSA) is 90.4 Å². The molecule has 0 saturated heterocycles. The van der Waals surface area contributed by atoms with Crippen LogP contribution in [0.25, 0.3) is 22.0 Å². The fraction of sp³-hybridized carbons (Fsp3) is 0.355. The number of fused-ring (bicyclic) bond motifs is 1. The van der Waals surface area contributed by atoms with Crippen LogP contribution in [0.2, 0.25) is 0 Å². The van der Waals surface area contributed by atoms with Gasteiger partial charge in [0.15, 0.2) is 6.29 Å². The van der Waals surface area contributed by atoms with Gasteiger partial charge in [-0.1, -0.05) is 24.3 Å². The molecular weight excluding hydrogens is 510 g/mol. The fourth-order valence-corrected chi connectivity index (χ4v) is 6.48. The second-order valence-corrected chi connectivity index (χ2v) is 11.1. The predicted molar refractivity (Wildman–Crippen MR) is 155 cm³/mol. The van der Waals surface area contributed by atoms with E-state index < -0.39 is 0 Å². The molecule has 7 nitrogen and oxygen atoms in total. The lowest BCUT2D eigenvalue weighted by Gasteiger charge is -2.28. The van der Waals surface area contributed by atoms with E-state index in [-0.39, 0.29) is 23.8 Å². The van der Waals surface area contributed by atoms with E-state index in [9.17, 15) is 9.59 Å². The number of ether oxygens (including phenoxy) is 2. The summed E-state index contributed by atoms with van der Waals surface area (Å²) in [7, 11) is 3.15. The van der Waals surface area contributed by atoms with Crippen LogP contribution < -0.4 is 10.1 Å². The molecule has 1 saturated carbocycles. The summed E-state index contributed by atoms with van der Waals surface area (Å²) in [5.74, 6) is 2.41.